The average molecular weight is 405 g/mol. The number of hydrogen-bond acceptors (Lipinski definition) is 5. The molecule has 3 aromatic rings. The molecule has 1 amide bonds. The fraction of sp³-hybridized carbons (Fsp3) is 0.250. The number of para-hydroxylation sites is 1. The molecule has 1 aromatic carbocycles. The van der Waals surface area contributed by atoms with Crippen molar-refractivity contribution >= 4 is 5.91 Å². The molecule has 0 saturated carbocycles. The first-order valence-corrected chi connectivity index (χ1v) is 8.68. The van der Waals surface area contributed by atoms with Gasteiger partial charge in [0.2, 0.25) is 0 Å². The maximum absolute atomic E-state index is 13.4. The first-order chi connectivity index (χ1) is 13.8. The number of carbonyl (C=O) groups is 1. The van der Waals surface area contributed by atoms with Gasteiger partial charge in [0.05, 0.1) is 0 Å². The molecular formula is C20H18F3N3O3. The van der Waals surface area contributed by atoms with Crippen molar-refractivity contribution in [2.24, 2.45) is 0 Å². The average Bonchev–Trinajstić information content (AvgIpc) is 3.14. The number of nitrogens with one attached hydrogen (secondary N) is 1. The third-order valence-corrected chi connectivity index (χ3v) is 4.18. The lowest BCUT2D eigenvalue weighted by atomic mass is 10.1. The lowest BCUT2D eigenvalue weighted by Gasteiger charge is -2.21. The first kappa shape index (κ1) is 20.4. The van der Waals surface area contributed by atoms with Crippen LogP contribution in [0.2, 0.25) is 0 Å². The Morgan fingerprint density at radius 2 is 1.93 bits per heavy atom. The van der Waals surface area contributed by atoms with Crippen molar-refractivity contribution in [3.05, 3.63) is 76.9 Å². The van der Waals surface area contributed by atoms with Gasteiger partial charge in [-0.1, -0.05) is 29.4 Å². The largest absolute Gasteiger partial charge is 0.485 e. The molecule has 3 rings (SSSR count). The predicted octanol–water partition coefficient (Wildman–Crippen LogP) is 4.30. The zero-order valence-corrected chi connectivity index (χ0v) is 15.7. The number of ether oxygens (including phenoxy) is 1. The number of rotatable bonds is 6. The van der Waals surface area contributed by atoms with Gasteiger partial charge in [-0.15, -0.1) is 0 Å². The molecule has 2 heterocycles. The SMILES string of the molecule is Cc1cccc(C)c1OCc1cc(C(=O)NC(c2cccnc2)C(F)(F)F)no1. The number of carbonyl (C=O) groups excluding carboxylic acids is 1. The van der Waals surface area contributed by atoms with E-state index in [2.05, 4.69) is 10.1 Å². The lowest BCUT2D eigenvalue weighted by Crippen LogP contribution is -2.38. The highest BCUT2D eigenvalue weighted by atomic mass is 19.4. The minimum Gasteiger partial charge on any atom is -0.485 e. The molecule has 0 aliphatic rings. The van der Waals surface area contributed by atoms with Crippen LogP contribution in [0.5, 0.6) is 5.75 Å². The van der Waals surface area contributed by atoms with Crippen LogP contribution in [0.1, 0.15) is 39.0 Å². The number of halogens is 3. The van der Waals surface area contributed by atoms with Crippen molar-refractivity contribution in [2.45, 2.75) is 32.7 Å². The molecule has 0 radical (unpaired) electrons. The summed E-state index contributed by atoms with van der Waals surface area (Å²) in [5.74, 6) is -0.135. The van der Waals surface area contributed by atoms with Gasteiger partial charge in [0, 0.05) is 24.0 Å². The van der Waals surface area contributed by atoms with Crippen molar-refractivity contribution in [2.75, 3.05) is 0 Å². The summed E-state index contributed by atoms with van der Waals surface area (Å²) in [7, 11) is 0. The topological polar surface area (TPSA) is 77.2 Å². The Hall–Kier alpha value is -3.36. The van der Waals surface area contributed by atoms with E-state index < -0.39 is 18.1 Å². The molecule has 1 N–H and O–H groups in total. The Morgan fingerprint density at radius 3 is 2.55 bits per heavy atom. The standard InChI is InChI=1S/C20H18F3N3O3/c1-12-5-3-6-13(2)17(12)28-11-15-9-16(26-29-15)19(27)25-18(20(21,22)23)14-7-4-8-24-10-14/h3-10,18H,11H2,1-2H3,(H,25,27). The van der Waals surface area contributed by atoms with Crippen molar-refractivity contribution in [3.63, 3.8) is 0 Å². The molecule has 9 heteroatoms. The van der Waals surface area contributed by atoms with Crippen molar-refractivity contribution in [3.8, 4) is 5.75 Å². The molecule has 2 aromatic heterocycles. The summed E-state index contributed by atoms with van der Waals surface area (Å²) in [5, 5.41) is 5.48. The summed E-state index contributed by atoms with van der Waals surface area (Å²) in [5.41, 5.74) is 1.39. The summed E-state index contributed by atoms with van der Waals surface area (Å²) in [6.45, 7) is 3.76. The summed E-state index contributed by atoms with van der Waals surface area (Å²) in [4.78, 5) is 15.9. The molecule has 0 fully saturated rings. The van der Waals surface area contributed by atoms with Gasteiger partial charge in [-0.25, -0.2) is 0 Å². The maximum Gasteiger partial charge on any atom is 0.412 e. The Morgan fingerprint density at radius 1 is 1.21 bits per heavy atom. The van der Waals surface area contributed by atoms with Crippen LogP contribution >= 0.6 is 0 Å². The third-order valence-electron chi connectivity index (χ3n) is 4.18. The van der Waals surface area contributed by atoms with E-state index in [1.54, 1.807) is 0 Å². The highest BCUT2D eigenvalue weighted by Crippen LogP contribution is 2.32. The number of pyridine rings is 1. The number of nitrogens with zero attached hydrogens (tertiary/aromatic N) is 2. The second-order valence-corrected chi connectivity index (χ2v) is 6.42. The van der Waals surface area contributed by atoms with E-state index in [4.69, 9.17) is 9.26 Å². The second kappa shape index (κ2) is 8.34. The molecule has 1 atom stereocenters. The minimum absolute atomic E-state index is 0.0166. The molecular weight excluding hydrogens is 387 g/mol. The Kier molecular flexibility index (Phi) is 5.86. The fourth-order valence-corrected chi connectivity index (χ4v) is 2.76. The van der Waals surface area contributed by atoms with Crippen LogP contribution in [0.25, 0.3) is 0 Å². The first-order valence-electron chi connectivity index (χ1n) is 8.68. The van der Waals surface area contributed by atoms with Gasteiger partial charge in [0.1, 0.15) is 12.4 Å². The van der Waals surface area contributed by atoms with E-state index in [9.17, 15) is 18.0 Å². The number of amides is 1. The smallest absolute Gasteiger partial charge is 0.412 e. The number of hydrogen-bond donors (Lipinski definition) is 1. The van der Waals surface area contributed by atoms with E-state index in [-0.39, 0.29) is 23.6 Å². The molecule has 152 valence electrons. The highest BCUT2D eigenvalue weighted by molar-refractivity contribution is 5.92. The zero-order chi connectivity index (χ0) is 21.0. The number of alkyl halides is 3. The predicted molar refractivity (Wildman–Crippen MR) is 97.3 cm³/mol. The van der Waals surface area contributed by atoms with Crippen molar-refractivity contribution in [1.82, 2.24) is 15.5 Å². The van der Waals surface area contributed by atoms with Crippen LogP contribution < -0.4 is 10.1 Å². The second-order valence-electron chi connectivity index (χ2n) is 6.42. The van der Waals surface area contributed by atoms with Crippen LogP contribution in [0.3, 0.4) is 0 Å². The highest BCUT2D eigenvalue weighted by Gasteiger charge is 2.42. The number of aryl methyl sites for hydroxylation is 2. The maximum atomic E-state index is 13.4. The van der Waals surface area contributed by atoms with Gasteiger partial charge < -0.3 is 14.6 Å². The van der Waals surface area contributed by atoms with E-state index >= 15 is 0 Å². The van der Waals surface area contributed by atoms with Crippen molar-refractivity contribution < 1.29 is 27.2 Å². The molecule has 0 aliphatic heterocycles. The molecule has 1 unspecified atom stereocenters. The Bertz CT molecular complexity index is 967. The number of aromatic nitrogens is 2. The van der Waals surface area contributed by atoms with Gasteiger partial charge in [-0.3, -0.25) is 9.78 Å². The monoisotopic (exact) mass is 405 g/mol. The Balaban J connectivity index is 1.70. The van der Waals surface area contributed by atoms with Gasteiger partial charge in [0.25, 0.3) is 5.91 Å². The molecule has 29 heavy (non-hydrogen) atoms. The van der Waals surface area contributed by atoms with Crippen LogP contribution in [0.15, 0.2) is 53.3 Å². The molecule has 0 aliphatic carbocycles. The van der Waals surface area contributed by atoms with Gasteiger partial charge in [0.15, 0.2) is 17.5 Å². The molecule has 6 nitrogen and oxygen atoms in total. The summed E-state index contributed by atoms with van der Waals surface area (Å²) < 4.78 is 50.8. The fourth-order valence-electron chi connectivity index (χ4n) is 2.76. The molecule has 0 bridgehead atoms. The van der Waals surface area contributed by atoms with E-state index in [0.717, 1.165) is 17.3 Å². The van der Waals surface area contributed by atoms with Crippen LogP contribution in [0, 0.1) is 13.8 Å². The van der Waals surface area contributed by atoms with Gasteiger partial charge in [-0.2, -0.15) is 13.2 Å². The number of benzene rings is 1. The quantitative estimate of drug-likeness (QED) is 0.662. The van der Waals surface area contributed by atoms with E-state index in [1.165, 1.54) is 24.4 Å². The van der Waals surface area contributed by atoms with Gasteiger partial charge >= 0.3 is 6.18 Å². The van der Waals surface area contributed by atoms with Crippen molar-refractivity contribution in [1.29, 1.82) is 0 Å². The minimum atomic E-state index is -4.70. The summed E-state index contributed by atoms with van der Waals surface area (Å²) in [6, 6.07) is 7.30. The van der Waals surface area contributed by atoms with Crippen LogP contribution in [0.4, 0.5) is 13.2 Å². The Labute approximate surface area is 164 Å². The van der Waals surface area contributed by atoms with Crippen LogP contribution in [-0.4, -0.2) is 22.2 Å². The van der Waals surface area contributed by atoms with E-state index in [1.807, 2.05) is 37.4 Å². The molecule has 0 saturated heterocycles. The molecule has 0 spiro atoms. The zero-order valence-electron chi connectivity index (χ0n) is 15.7. The summed E-state index contributed by atoms with van der Waals surface area (Å²) in [6.07, 6.45) is -2.30. The van der Waals surface area contributed by atoms with Gasteiger partial charge in [-0.05, 0) is 31.0 Å². The van der Waals surface area contributed by atoms with Crippen LogP contribution in [-0.2, 0) is 6.61 Å². The van der Waals surface area contributed by atoms with E-state index in [0.29, 0.717) is 5.75 Å². The normalized spacial score (nSPS) is 12.4. The summed E-state index contributed by atoms with van der Waals surface area (Å²) >= 11 is 0. The lowest BCUT2D eigenvalue weighted by molar-refractivity contribution is -0.155. The third kappa shape index (κ3) is 4.92.